The lowest BCUT2D eigenvalue weighted by Crippen LogP contribution is -2.50. The van der Waals surface area contributed by atoms with Gasteiger partial charge in [0.05, 0.1) is 9.79 Å². The molecule has 134 valence electrons. The van der Waals surface area contributed by atoms with Crippen molar-refractivity contribution in [3.05, 3.63) is 59.1 Å². The number of benzene rings is 2. The van der Waals surface area contributed by atoms with Crippen LogP contribution in [0.3, 0.4) is 0 Å². The highest BCUT2D eigenvalue weighted by atomic mass is 79.9. The molecule has 2 aromatic rings. The van der Waals surface area contributed by atoms with Gasteiger partial charge in [-0.25, -0.2) is 16.8 Å². The van der Waals surface area contributed by atoms with Crippen LogP contribution in [0.1, 0.15) is 0 Å². The van der Waals surface area contributed by atoms with Gasteiger partial charge in [-0.3, -0.25) is 0 Å². The van der Waals surface area contributed by atoms with Gasteiger partial charge in [-0.15, -0.1) is 0 Å². The first-order chi connectivity index (χ1) is 11.8. The number of nitrogens with zero attached hydrogens (tertiary/aromatic N) is 2. The molecule has 9 heteroatoms. The normalized spacial score (nSPS) is 17.5. The number of rotatable bonds is 4. The third-order valence-electron chi connectivity index (χ3n) is 4.01. The standard InChI is InChI=1S/C16H17BrN2O4S2/c17-14-5-4-8-16(13-14)25(22,23)19-11-9-18(10-12-19)24(20,21)15-6-2-1-3-7-15/h1-8,13H,9-12H2. The van der Waals surface area contributed by atoms with Gasteiger partial charge < -0.3 is 0 Å². The lowest BCUT2D eigenvalue weighted by atomic mass is 10.4. The molecular formula is C16H17BrN2O4S2. The van der Waals surface area contributed by atoms with Crippen LogP contribution in [-0.4, -0.2) is 51.6 Å². The maximum Gasteiger partial charge on any atom is 0.243 e. The molecule has 1 aliphatic heterocycles. The highest BCUT2D eigenvalue weighted by molar-refractivity contribution is 9.10. The molecule has 0 bridgehead atoms. The van der Waals surface area contributed by atoms with Crippen molar-refractivity contribution in [2.75, 3.05) is 26.2 Å². The fraction of sp³-hybridized carbons (Fsp3) is 0.250. The predicted molar refractivity (Wildman–Crippen MR) is 98.1 cm³/mol. The first-order valence-electron chi connectivity index (χ1n) is 7.63. The Kier molecular flexibility index (Phi) is 5.31. The summed E-state index contributed by atoms with van der Waals surface area (Å²) < 4.78 is 54.0. The van der Waals surface area contributed by atoms with Gasteiger partial charge in [-0.05, 0) is 30.3 Å². The summed E-state index contributed by atoms with van der Waals surface area (Å²) in [6.07, 6.45) is 0. The largest absolute Gasteiger partial charge is 0.243 e. The van der Waals surface area contributed by atoms with Crippen LogP contribution in [0, 0.1) is 0 Å². The fourth-order valence-corrected chi connectivity index (χ4v) is 6.13. The number of hydrogen-bond acceptors (Lipinski definition) is 4. The molecule has 0 N–H and O–H groups in total. The summed E-state index contributed by atoms with van der Waals surface area (Å²) in [5, 5.41) is 0. The van der Waals surface area contributed by atoms with Crippen molar-refractivity contribution in [1.29, 1.82) is 0 Å². The van der Waals surface area contributed by atoms with Crippen molar-refractivity contribution in [2.24, 2.45) is 0 Å². The molecule has 1 saturated heterocycles. The van der Waals surface area contributed by atoms with E-state index in [9.17, 15) is 16.8 Å². The molecule has 0 saturated carbocycles. The summed E-state index contributed by atoms with van der Waals surface area (Å²) in [6.45, 7) is 0.511. The molecule has 6 nitrogen and oxygen atoms in total. The van der Waals surface area contributed by atoms with Crippen molar-refractivity contribution < 1.29 is 16.8 Å². The molecule has 0 amide bonds. The Bertz CT molecular complexity index is 955. The van der Waals surface area contributed by atoms with E-state index in [4.69, 9.17) is 0 Å². The maximum absolute atomic E-state index is 12.7. The van der Waals surface area contributed by atoms with Gasteiger partial charge in [0.15, 0.2) is 0 Å². The van der Waals surface area contributed by atoms with Gasteiger partial charge in [0.25, 0.3) is 0 Å². The van der Waals surface area contributed by atoms with Gasteiger partial charge in [0, 0.05) is 30.7 Å². The lowest BCUT2D eigenvalue weighted by molar-refractivity contribution is 0.273. The third kappa shape index (κ3) is 3.80. The Labute approximate surface area is 156 Å². The molecule has 1 fully saturated rings. The average Bonchev–Trinajstić information content (AvgIpc) is 2.62. The topological polar surface area (TPSA) is 74.8 Å². The molecule has 1 heterocycles. The van der Waals surface area contributed by atoms with Crippen molar-refractivity contribution in [1.82, 2.24) is 8.61 Å². The zero-order chi connectivity index (χ0) is 18.1. The molecule has 1 aliphatic rings. The molecule has 0 atom stereocenters. The molecule has 0 radical (unpaired) electrons. The van der Waals surface area contributed by atoms with Crippen molar-refractivity contribution in [2.45, 2.75) is 9.79 Å². The fourth-order valence-electron chi connectivity index (χ4n) is 2.67. The molecule has 0 aliphatic carbocycles. The Morgan fingerprint density at radius 3 is 1.68 bits per heavy atom. The SMILES string of the molecule is O=S(=O)(c1ccccc1)N1CCN(S(=O)(=O)c2cccc(Br)c2)CC1. The summed E-state index contributed by atoms with van der Waals surface area (Å²) in [6, 6.07) is 14.7. The maximum atomic E-state index is 12.7. The van der Waals surface area contributed by atoms with Gasteiger partial charge in [0.2, 0.25) is 20.0 Å². The Hall–Kier alpha value is -1.26. The molecule has 3 rings (SSSR count). The minimum atomic E-state index is -3.64. The number of piperazine rings is 1. The lowest BCUT2D eigenvalue weighted by Gasteiger charge is -2.33. The summed E-state index contributed by atoms with van der Waals surface area (Å²) >= 11 is 3.27. The molecule has 25 heavy (non-hydrogen) atoms. The van der Waals surface area contributed by atoms with Crippen LogP contribution >= 0.6 is 15.9 Å². The number of hydrogen-bond donors (Lipinski definition) is 0. The summed E-state index contributed by atoms with van der Waals surface area (Å²) in [7, 11) is -7.23. The second-order valence-electron chi connectivity index (χ2n) is 5.58. The van der Waals surface area contributed by atoms with E-state index in [0.29, 0.717) is 4.47 Å². The van der Waals surface area contributed by atoms with Crippen molar-refractivity contribution >= 4 is 36.0 Å². The molecule has 2 aromatic carbocycles. The van der Waals surface area contributed by atoms with E-state index >= 15 is 0 Å². The van der Waals surface area contributed by atoms with E-state index in [1.807, 2.05) is 0 Å². The van der Waals surface area contributed by atoms with Gasteiger partial charge in [-0.1, -0.05) is 40.2 Å². The van der Waals surface area contributed by atoms with Crippen LogP contribution in [0.25, 0.3) is 0 Å². The second kappa shape index (κ2) is 7.16. The van der Waals surface area contributed by atoms with Gasteiger partial charge in [0.1, 0.15) is 0 Å². The van der Waals surface area contributed by atoms with Crippen LogP contribution in [-0.2, 0) is 20.0 Å². The zero-order valence-corrected chi connectivity index (χ0v) is 16.5. The predicted octanol–water partition coefficient (Wildman–Crippen LogP) is 2.14. The summed E-state index contributed by atoms with van der Waals surface area (Å²) in [5.74, 6) is 0. The minimum Gasteiger partial charge on any atom is -0.207 e. The molecule has 0 spiro atoms. The van der Waals surface area contributed by atoms with Crippen LogP contribution in [0.2, 0.25) is 0 Å². The van der Waals surface area contributed by atoms with Crippen LogP contribution in [0.4, 0.5) is 0 Å². The number of halogens is 1. The van der Waals surface area contributed by atoms with Gasteiger partial charge in [-0.2, -0.15) is 8.61 Å². The summed E-state index contributed by atoms with van der Waals surface area (Å²) in [5.41, 5.74) is 0. The van der Waals surface area contributed by atoms with E-state index in [1.165, 1.54) is 14.7 Å². The zero-order valence-electron chi connectivity index (χ0n) is 13.2. The Morgan fingerprint density at radius 2 is 1.16 bits per heavy atom. The summed E-state index contributed by atoms with van der Waals surface area (Å²) in [4.78, 5) is 0.416. The van der Waals surface area contributed by atoms with E-state index in [0.717, 1.165) is 0 Å². The van der Waals surface area contributed by atoms with Crippen LogP contribution in [0.15, 0.2) is 68.9 Å². The average molecular weight is 445 g/mol. The highest BCUT2D eigenvalue weighted by Crippen LogP contribution is 2.23. The Balaban J connectivity index is 1.76. The molecular weight excluding hydrogens is 428 g/mol. The highest BCUT2D eigenvalue weighted by Gasteiger charge is 2.33. The third-order valence-corrected chi connectivity index (χ3v) is 8.31. The van der Waals surface area contributed by atoms with E-state index < -0.39 is 20.0 Å². The number of sulfonamides is 2. The smallest absolute Gasteiger partial charge is 0.207 e. The molecule has 0 unspecified atom stereocenters. The first kappa shape index (κ1) is 18.5. The van der Waals surface area contributed by atoms with Crippen molar-refractivity contribution in [3.8, 4) is 0 Å². The van der Waals surface area contributed by atoms with E-state index in [2.05, 4.69) is 15.9 Å². The molecule has 0 aromatic heterocycles. The van der Waals surface area contributed by atoms with Crippen LogP contribution < -0.4 is 0 Å². The van der Waals surface area contributed by atoms with Gasteiger partial charge >= 0.3 is 0 Å². The quantitative estimate of drug-likeness (QED) is 0.723. The first-order valence-corrected chi connectivity index (χ1v) is 11.3. The Morgan fingerprint density at radius 1 is 0.680 bits per heavy atom. The van der Waals surface area contributed by atoms with E-state index in [1.54, 1.807) is 48.5 Å². The minimum absolute atomic E-state index is 0.126. The second-order valence-corrected chi connectivity index (χ2v) is 10.4. The van der Waals surface area contributed by atoms with Crippen LogP contribution in [0.5, 0.6) is 0 Å². The van der Waals surface area contributed by atoms with E-state index in [-0.39, 0.29) is 36.0 Å². The van der Waals surface area contributed by atoms with Crippen molar-refractivity contribution in [3.63, 3.8) is 0 Å². The monoisotopic (exact) mass is 444 g/mol.